The van der Waals surface area contributed by atoms with Crippen LogP contribution in [0.3, 0.4) is 0 Å². The van der Waals surface area contributed by atoms with Gasteiger partial charge in [-0.3, -0.25) is 9.00 Å². The molecule has 0 radical (unpaired) electrons. The van der Waals surface area contributed by atoms with Gasteiger partial charge < -0.3 is 16.0 Å². The first-order valence-electron chi connectivity index (χ1n) is 6.96. The Morgan fingerprint density at radius 1 is 1.43 bits per heavy atom. The highest BCUT2D eigenvalue weighted by Crippen LogP contribution is 2.18. The van der Waals surface area contributed by atoms with Gasteiger partial charge in [-0.15, -0.1) is 0 Å². The van der Waals surface area contributed by atoms with Crippen LogP contribution in [0.5, 0.6) is 0 Å². The van der Waals surface area contributed by atoms with Crippen molar-refractivity contribution in [2.24, 2.45) is 5.73 Å². The molecule has 4 N–H and O–H groups in total. The van der Waals surface area contributed by atoms with E-state index in [1.807, 2.05) is 30.5 Å². The third-order valence-corrected chi connectivity index (χ3v) is 4.22. The zero-order valence-corrected chi connectivity index (χ0v) is 12.9. The molecule has 114 valence electrons. The summed E-state index contributed by atoms with van der Waals surface area (Å²) < 4.78 is 10.9. The largest absolute Gasteiger partial charge is 0.361 e. The Kier molecular flexibility index (Phi) is 5.52. The van der Waals surface area contributed by atoms with Gasteiger partial charge in [0, 0.05) is 46.5 Å². The molecule has 0 aliphatic rings. The van der Waals surface area contributed by atoms with Crippen LogP contribution < -0.4 is 11.1 Å². The minimum absolute atomic E-state index is 0.165. The van der Waals surface area contributed by atoms with Gasteiger partial charge in [0.25, 0.3) is 0 Å². The van der Waals surface area contributed by atoms with Crippen molar-refractivity contribution < 1.29 is 9.00 Å². The van der Waals surface area contributed by atoms with Crippen LogP contribution in [0.1, 0.15) is 12.0 Å². The maximum atomic E-state index is 11.9. The monoisotopic (exact) mass is 307 g/mol. The van der Waals surface area contributed by atoms with E-state index in [1.54, 1.807) is 6.26 Å². The molecule has 2 atom stereocenters. The highest BCUT2D eigenvalue weighted by atomic mass is 32.2. The maximum absolute atomic E-state index is 11.9. The molecule has 5 nitrogen and oxygen atoms in total. The van der Waals surface area contributed by atoms with Gasteiger partial charge in [0.15, 0.2) is 0 Å². The minimum atomic E-state index is -0.819. The fourth-order valence-electron chi connectivity index (χ4n) is 2.25. The molecule has 2 rings (SSSR count). The molecule has 6 heteroatoms. The van der Waals surface area contributed by atoms with E-state index < -0.39 is 16.8 Å². The number of para-hydroxylation sites is 1. The van der Waals surface area contributed by atoms with E-state index in [4.69, 9.17) is 5.73 Å². The van der Waals surface area contributed by atoms with Gasteiger partial charge in [-0.05, 0) is 24.5 Å². The predicted molar refractivity (Wildman–Crippen MR) is 86.5 cm³/mol. The van der Waals surface area contributed by atoms with E-state index in [0.29, 0.717) is 25.1 Å². The lowest BCUT2D eigenvalue weighted by atomic mass is 10.1. The molecule has 0 saturated carbocycles. The van der Waals surface area contributed by atoms with Crippen LogP contribution in [0.4, 0.5) is 0 Å². The first-order chi connectivity index (χ1) is 10.1. The highest BCUT2D eigenvalue weighted by Gasteiger charge is 2.15. The number of carbonyl (C=O) groups is 1. The van der Waals surface area contributed by atoms with Crippen molar-refractivity contribution in [3.05, 3.63) is 36.0 Å². The number of rotatable bonds is 7. The lowest BCUT2D eigenvalue weighted by Crippen LogP contribution is -2.42. The molecule has 1 aromatic heterocycles. The Morgan fingerprint density at radius 3 is 2.95 bits per heavy atom. The summed E-state index contributed by atoms with van der Waals surface area (Å²) >= 11 is 0. The number of hydrogen-bond donors (Lipinski definition) is 3. The summed E-state index contributed by atoms with van der Waals surface area (Å²) in [5.41, 5.74) is 8.05. The topological polar surface area (TPSA) is 88.0 Å². The molecular formula is C15H21N3O2S. The van der Waals surface area contributed by atoms with Crippen LogP contribution >= 0.6 is 0 Å². The molecule has 1 aromatic carbocycles. The second-order valence-electron chi connectivity index (χ2n) is 5.09. The molecule has 0 fully saturated rings. The smallest absolute Gasteiger partial charge is 0.237 e. The maximum Gasteiger partial charge on any atom is 0.237 e. The van der Waals surface area contributed by atoms with Gasteiger partial charge in [0.2, 0.25) is 5.91 Å². The highest BCUT2D eigenvalue weighted by molar-refractivity contribution is 7.84. The van der Waals surface area contributed by atoms with Crippen molar-refractivity contribution in [1.29, 1.82) is 0 Å². The summed E-state index contributed by atoms with van der Waals surface area (Å²) in [5, 5.41) is 3.89. The average molecular weight is 307 g/mol. The summed E-state index contributed by atoms with van der Waals surface area (Å²) in [4.78, 5) is 15.1. The number of benzene rings is 1. The van der Waals surface area contributed by atoms with Crippen molar-refractivity contribution in [2.45, 2.75) is 18.9 Å². The van der Waals surface area contributed by atoms with Crippen molar-refractivity contribution in [3.8, 4) is 0 Å². The van der Waals surface area contributed by atoms with Crippen molar-refractivity contribution >= 4 is 27.6 Å². The third kappa shape index (κ3) is 4.41. The number of hydrogen-bond acceptors (Lipinski definition) is 3. The number of fused-ring (bicyclic) bond motifs is 1. The number of aromatic amines is 1. The Labute approximate surface area is 126 Å². The minimum Gasteiger partial charge on any atom is -0.361 e. The number of amides is 1. The molecule has 1 amide bonds. The standard InChI is InChI=1S/C15H21N3O2S/c1-21(20)8-4-7-17-15(19)13(16)9-11-10-18-14-6-3-2-5-12(11)14/h2-3,5-6,10,13,18H,4,7-9,16H2,1H3,(H,17,19)/t13-,21?/m0/s1. The molecular weight excluding hydrogens is 286 g/mol. The van der Waals surface area contributed by atoms with Crippen LogP contribution in [0.25, 0.3) is 10.9 Å². The molecule has 1 unspecified atom stereocenters. The Morgan fingerprint density at radius 2 is 2.19 bits per heavy atom. The molecule has 0 spiro atoms. The van der Waals surface area contributed by atoms with E-state index in [2.05, 4.69) is 10.3 Å². The van der Waals surface area contributed by atoms with Crippen LogP contribution in [-0.4, -0.2) is 39.7 Å². The second-order valence-corrected chi connectivity index (χ2v) is 6.65. The summed E-state index contributed by atoms with van der Waals surface area (Å²) in [6.45, 7) is 0.514. The quantitative estimate of drug-likeness (QED) is 0.665. The van der Waals surface area contributed by atoms with Crippen LogP contribution in [0.2, 0.25) is 0 Å². The van der Waals surface area contributed by atoms with Gasteiger partial charge in [0.1, 0.15) is 0 Å². The molecule has 0 bridgehead atoms. The van der Waals surface area contributed by atoms with Gasteiger partial charge in [0.05, 0.1) is 6.04 Å². The lowest BCUT2D eigenvalue weighted by Gasteiger charge is -2.11. The fourth-order valence-corrected chi connectivity index (χ4v) is 2.80. The van der Waals surface area contributed by atoms with Crippen LogP contribution in [0, 0.1) is 0 Å². The zero-order valence-electron chi connectivity index (χ0n) is 12.1. The third-order valence-electron chi connectivity index (χ3n) is 3.36. The number of carbonyl (C=O) groups excluding carboxylic acids is 1. The van der Waals surface area contributed by atoms with Crippen LogP contribution in [-0.2, 0) is 22.0 Å². The summed E-state index contributed by atoms with van der Waals surface area (Å²) in [6.07, 6.45) is 4.76. The van der Waals surface area contributed by atoms with E-state index in [1.165, 1.54) is 0 Å². The Bertz CT molecular complexity index is 639. The number of H-pyrrole nitrogens is 1. The summed E-state index contributed by atoms with van der Waals surface area (Å²) in [6, 6.07) is 7.37. The van der Waals surface area contributed by atoms with E-state index >= 15 is 0 Å². The van der Waals surface area contributed by atoms with E-state index in [9.17, 15) is 9.00 Å². The molecule has 1 heterocycles. The van der Waals surface area contributed by atoms with Gasteiger partial charge in [-0.1, -0.05) is 18.2 Å². The molecule has 0 aliphatic carbocycles. The number of aromatic nitrogens is 1. The SMILES string of the molecule is CS(=O)CCCNC(=O)[C@@H](N)Cc1c[nH]c2ccccc12. The first kappa shape index (κ1) is 15.7. The Hall–Kier alpha value is -1.66. The Balaban J connectivity index is 1.87. The first-order valence-corrected chi connectivity index (χ1v) is 8.69. The molecule has 0 aliphatic heterocycles. The molecule has 21 heavy (non-hydrogen) atoms. The molecule has 0 saturated heterocycles. The number of nitrogens with two attached hydrogens (primary N) is 1. The van der Waals surface area contributed by atoms with Gasteiger partial charge in [-0.2, -0.15) is 0 Å². The van der Waals surface area contributed by atoms with Gasteiger partial charge >= 0.3 is 0 Å². The second kappa shape index (κ2) is 7.38. The van der Waals surface area contributed by atoms with Gasteiger partial charge in [-0.25, -0.2) is 0 Å². The predicted octanol–water partition coefficient (Wildman–Crippen LogP) is 0.923. The lowest BCUT2D eigenvalue weighted by molar-refractivity contribution is -0.122. The number of nitrogens with one attached hydrogen (secondary N) is 2. The summed E-state index contributed by atoms with van der Waals surface area (Å²) in [5.74, 6) is 0.431. The van der Waals surface area contributed by atoms with Crippen molar-refractivity contribution in [3.63, 3.8) is 0 Å². The van der Waals surface area contributed by atoms with E-state index in [0.717, 1.165) is 16.5 Å². The summed E-state index contributed by atoms with van der Waals surface area (Å²) in [7, 11) is -0.819. The van der Waals surface area contributed by atoms with Crippen molar-refractivity contribution in [1.82, 2.24) is 10.3 Å². The van der Waals surface area contributed by atoms with Crippen LogP contribution in [0.15, 0.2) is 30.5 Å². The van der Waals surface area contributed by atoms with Crippen molar-refractivity contribution in [2.75, 3.05) is 18.6 Å². The molecule has 2 aromatic rings. The normalized spacial score (nSPS) is 14.0. The average Bonchev–Trinajstić information content (AvgIpc) is 2.86. The fraction of sp³-hybridized carbons (Fsp3) is 0.400. The van der Waals surface area contributed by atoms with E-state index in [-0.39, 0.29) is 5.91 Å². The zero-order chi connectivity index (χ0) is 15.2.